The largest absolute Gasteiger partial charge is 0.393 e. The molecule has 12 atom stereocenters. The molecule has 4 fully saturated rings. The summed E-state index contributed by atoms with van der Waals surface area (Å²) in [4.78, 5) is 13.3. The van der Waals surface area contributed by atoms with Crippen molar-refractivity contribution < 1.29 is 20.1 Å². The van der Waals surface area contributed by atoms with Crippen molar-refractivity contribution in [3.63, 3.8) is 0 Å². The van der Waals surface area contributed by atoms with Gasteiger partial charge in [-0.3, -0.25) is 4.79 Å². The Labute approximate surface area is 195 Å². The average molecular weight is 449 g/mol. The van der Waals surface area contributed by atoms with Gasteiger partial charge in [-0.15, -0.1) is 0 Å². The van der Waals surface area contributed by atoms with Crippen LogP contribution in [-0.4, -0.2) is 39.4 Å². The molecule has 0 saturated heterocycles. The standard InChI is InChI=1S/C28H48O4/c1-15(2)16(3)25(31)26(32)17(4)20-7-8-21-19-14-24(30)23-13-18(29)9-11-28(23,6)22(19)10-12-27(20,21)5/h15-23,25-26,29,31-32H,7-14H2,1-6H3/t16-,17-,18-,19-,20+,21-,22-,23+,25+,26+,27+,28+/m0/s1. The van der Waals surface area contributed by atoms with Gasteiger partial charge in [0.1, 0.15) is 5.78 Å². The van der Waals surface area contributed by atoms with Gasteiger partial charge in [0.05, 0.1) is 18.3 Å². The summed E-state index contributed by atoms with van der Waals surface area (Å²) in [7, 11) is 0. The third-order valence-corrected chi connectivity index (χ3v) is 11.6. The molecular weight excluding hydrogens is 400 g/mol. The molecule has 0 bridgehead atoms. The number of carbonyl (C=O) groups excluding carboxylic acids is 1. The molecule has 4 rings (SSSR count). The molecule has 0 aliphatic heterocycles. The first-order valence-electron chi connectivity index (χ1n) is 13.5. The lowest BCUT2D eigenvalue weighted by Gasteiger charge is -2.60. The zero-order valence-corrected chi connectivity index (χ0v) is 21.3. The van der Waals surface area contributed by atoms with E-state index in [4.69, 9.17) is 0 Å². The number of ketones is 1. The molecule has 0 aromatic carbocycles. The van der Waals surface area contributed by atoms with E-state index in [-0.39, 0.29) is 34.7 Å². The van der Waals surface area contributed by atoms with Gasteiger partial charge >= 0.3 is 0 Å². The van der Waals surface area contributed by atoms with Crippen molar-refractivity contribution >= 4 is 5.78 Å². The summed E-state index contributed by atoms with van der Waals surface area (Å²) in [6, 6.07) is 0. The maximum absolute atomic E-state index is 13.3. The van der Waals surface area contributed by atoms with Crippen LogP contribution in [0, 0.1) is 58.2 Å². The van der Waals surface area contributed by atoms with E-state index in [1.54, 1.807) is 0 Å². The monoisotopic (exact) mass is 448 g/mol. The van der Waals surface area contributed by atoms with Crippen LogP contribution in [0.25, 0.3) is 0 Å². The van der Waals surface area contributed by atoms with Crippen LogP contribution in [0.4, 0.5) is 0 Å². The number of carbonyl (C=O) groups is 1. The molecule has 32 heavy (non-hydrogen) atoms. The number of hydrogen-bond acceptors (Lipinski definition) is 4. The van der Waals surface area contributed by atoms with E-state index in [2.05, 4.69) is 34.6 Å². The molecule has 3 N–H and O–H groups in total. The van der Waals surface area contributed by atoms with E-state index >= 15 is 0 Å². The molecular formula is C28H48O4. The minimum atomic E-state index is -0.694. The maximum Gasteiger partial charge on any atom is 0.136 e. The normalized spacial score (nSPS) is 47.9. The zero-order chi connectivity index (χ0) is 23.6. The lowest BCUT2D eigenvalue weighted by atomic mass is 9.44. The number of fused-ring (bicyclic) bond motifs is 5. The van der Waals surface area contributed by atoms with Gasteiger partial charge in [-0.05, 0) is 97.2 Å². The summed E-state index contributed by atoms with van der Waals surface area (Å²) in [6.07, 6.45) is 6.05. The van der Waals surface area contributed by atoms with Gasteiger partial charge in [-0.1, -0.05) is 41.5 Å². The van der Waals surface area contributed by atoms with E-state index in [1.165, 1.54) is 0 Å². The number of aliphatic hydroxyl groups excluding tert-OH is 3. The van der Waals surface area contributed by atoms with E-state index < -0.39 is 12.2 Å². The Bertz CT molecular complexity index is 706. The fourth-order valence-corrected chi connectivity index (χ4v) is 9.18. The SMILES string of the molecule is CC(C)[C@H](C)[C@@H](O)[C@H](O)[C@@H](C)[C@H]1CC[C@H]2[C@@H]3CC(=O)[C@H]4C[C@@H](O)CC[C@]4(C)[C@H]3CC[C@]12C. The van der Waals surface area contributed by atoms with E-state index in [1.807, 2.05) is 6.92 Å². The minimum absolute atomic E-state index is 0.0440. The number of hydrogen-bond donors (Lipinski definition) is 3. The lowest BCUT2D eigenvalue weighted by molar-refractivity contribution is -0.161. The van der Waals surface area contributed by atoms with E-state index in [9.17, 15) is 20.1 Å². The number of aliphatic hydroxyl groups is 3. The van der Waals surface area contributed by atoms with E-state index in [0.29, 0.717) is 48.2 Å². The second-order valence-corrected chi connectivity index (χ2v) is 13.2. The van der Waals surface area contributed by atoms with Crippen molar-refractivity contribution in [3.8, 4) is 0 Å². The molecule has 0 unspecified atom stereocenters. The molecule has 0 heterocycles. The highest BCUT2D eigenvalue weighted by Gasteiger charge is 2.63. The summed E-state index contributed by atoms with van der Waals surface area (Å²) in [5, 5.41) is 32.2. The summed E-state index contributed by atoms with van der Waals surface area (Å²) >= 11 is 0. The smallest absolute Gasteiger partial charge is 0.136 e. The summed E-state index contributed by atoms with van der Waals surface area (Å²) in [5.74, 6) is 2.88. The quantitative estimate of drug-likeness (QED) is 0.563. The predicted molar refractivity (Wildman–Crippen MR) is 127 cm³/mol. The Morgan fingerprint density at radius 1 is 0.875 bits per heavy atom. The minimum Gasteiger partial charge on any atom is -0.393 e. The second-order valence-electron chi connectivity index (χ2n) is 13.2. The first-order chi connectivity index (χ1) is 14.9. The number of Topliss-reactive ketones (excluding diaryl/α,β-unsaturated/α-hetero) is 1. The van der Waals surface area contributed by atoms with Crippen molar-refractivity contribution in [3.05, 3.63) is 0 Å². The highest BCUT2D eigenvalue weighted by atomic mass is 16.3. The second kappa shape index (κ2) is 8.64. The average Bonchev–Trinajstić information content (AvgIpc) is 3.10. The van der Waals surface area contributed by atoms with Crippen molar-refractivity contribution in [2.75, 3.05) is 0 Å². The van der Waals surface area contributed by atoms with Gasteiger partial charge in [-0.2, -0.15) is 0 Å². The Hall–Kier alpha value is -0.450. The molecule has 0 amide bonds. The van der Waals surface area contributed by atoms with Gasteiger partial charge in [0.2, 0.25) is 0 Å². The third-order valence-electron chi connectivity index (χ3n) is 11.6. The van der Waals surface area contributed by atoms with Gasteiger partial charge < -0.3 is 15.3 Å². The van der Waals surface area contributed by atoms with Crippen LogP contribution in [0.15, 0.2) is 0 Å². The van der Waals surface area contributed by atoms with Gasteiger partial charge in [0.15, 0.2) is 0 Å². The van der Waals surface area contributed by atoms with Gasteiger partial charge in [0, 0.05) is 12.3 Å². The van der Waals surface area contributed by atoms with Crippen molar-refractivity contribution in [2.45, 2.75) is 111 Å². The highest BCUT2D eigenvalue weighted by molar-refractivity contribution is 5.83. The third kappa shape index (κ3) is 3.71. The molecule has 4 saturated carbocycles. The van der Waals surface area contributed by atoms with Crippen molar-refractivity contribution in [1.82, 2.24) is 0 Å². The molecule has 0 aromatic rings. The first kappa shape index (κ1) is 24.7. The molecule has 4 nitrogen and oxygen atoms in total. The van der Waals surface area contributed by atoms with Crippen LogP contribution in [0.3, 0.4) is 0 Å². The first-order valence-corrected chi connectivity index (χ1v) is 13.5. The van der Waals surface area contributed by atoms with Crippen LogP contribution >= 0.6 is 0 Å². The Morgan fingerprint density at radius 2 is 1.50 bits per heavy atom. The Balaban J connectivity index is 1.54. The van der Waals surface area contributed by atoms with Crippen molar-refractivity contribution in [1.29, 1.82) is 0 Å². The van der Waals surface area contributed by atoms with Gasteiger partial charge in [-0.25, -0.2) is 0 Å². The summed E-state index contributed by atoms with van der Waals surface area (Å²) in [5.41, 5.74) is 0.187. The number of rotatable bonds is 5. The van der Waals surface area contributed by atoms with Crippen LogP contribution < -0.4 is 0 Å². The molecule has 0 aromatic heterocycles. The fourth-order valence-electron chi connectivity index (χ4n) is 9.18. The van der Waals surface area contributed by atoms with Crippen LogP contribution in [0.5, 0.6) is 0 Å². The van der Waals surface area contributed by atoms with Crippen LogP contribution in [0.2, 0.25) is 0 Å². The molecule has 4 aliphatic carbocycles. The Morgan fingerprint density at radius 3 is 2.16 bits per heavy atom. The van der Waals surface area contributed by atoms with Crippen molar-refractivity contribution in [2.24, 2.45) is 58.2 Å². The lowest BCUT2D eigenvalue weighted by Crippen LogP contribution is -2.57. The summed E-state index contributed by atoms with van der Waals surface area (Å²) in [6.45, 7) is 13.2. The summed E-state index contributed by atoms with van der Waals surface area (Å²) < 4.78 is 0. The maximum atomic E-state index is 13.3. The fraction of sp³-hybridized carbons (Fsp3) is 0.964. The highest BCUT2D eigenvalue weighted by Crippen LogP contribution is 2.67. The van der Waals surface area contributed by atoms with E-state index in [0.717, 1.165) is 38.5 Å². The zero-order valence-electron chi connectivity index (χ0n) is 21.3. The molecule has 4 aliphatic rings. The molecule has 0 spiro atoms. The van der Waals surface area contributed by atoms with Gasteiger partial charge in [0.25, 0.3) is 0 Å². The van der Waals surface area contributed by atoms with Crippen LogP contribution in [0.1, 0.15) is 92.9 Å². The topological polar surface area (TPSA) is 77.8 Å². The van der Waals surface area contributed by atoms with Crippen LogP contribution in [-0.2, 0) is 4.79 Å². The predicted octanol–water partition coefficient (Wildman–Crippen LogP) is 4.84. The molecule has 184 valence electrons. The Kier molecular flexibility index (Phi) is 6.66. The molecule has 0 radical (unpaired) electrons. The molecule has 4 heteroatoms.